The van der Waals surface area contributed by atoms with Gasteiger partial charge >= 0.3 is 0 Å². The minimum absolute atomic E-state index is 0. The van der Waals surface area contributed by atoms with Crippen LogP contribution in [0.4, 0.5) is 8.78 Å². The number of aromatic hydroxyl groups is 1. The molecule has 0 aliphatic carbocycles. The Kier molecular flexibility index (Phi) is 8.25. The zero-order chi connectivity index (χ0) is 12.3. The van der Waals surface area contributed by atoms with Gasteiger partial charge in [-0.15, -0.1) is 24.8 Å². The number of halogens is 4. The molecule has 0 amide bonds. The summed E-state index contributed by atoms with van der Waals surface area (Å²) in [6.45, 7) is 2.34. The minimum Gasteiger partial charge on any atom is -0.505 e. The highest BCUT2D eigenvalue weighted by atomic mass is 35.5. The van der Waals surface area contributed by atoms with Crippen LogP contribution in [0.5, 0.6) is 5.75 Å². The van der Waals surface area contributed by atoms with Crippen LogP contribution in [0.3, 0.4) is 0 Å². The normalized spacial score (nSPS) is 17.2. The van der Waals surface area contributed by atoms with E-state index < -0.39 is 24.3 Å². The molecule has 1 atom stereocenters. The van der Waals surface area contributed by atoms with Crippen molar-refractivity contribution < 1.29 is 13.9 Å². The number of piperazine rings is 1. The lowest BCUT2D eigenvalue weighted by Gasteiger charge is -2.33. The molecule has 19 heavy (non-hydrogen) atoms. The van der Waals surface area contributed by atoms with E-state index in [1.165, 1.54) is 12.1 Å². The number of hydrogen-bond acceptors (Lipinski definition) is 3. The molecule has 0 bridgehead atoms. The molecule has 1 saturated heterocycles. The molecule has 0 saturated carbocycles. The summed E-state index contributed by atoms with van der Waals surface area (Å²) >= 11 is 0. The second-order valence-electron chi connectivity index (χ2n) is 4.13. The van der Waals surface area contributed by atoms with Crippen LogP contribution in [0, 0.1) is 5.82 Å². The van der Waals surface area contributed by atoms with E-state index in [0.29, 0.717) is 18.7 Å². The number of rotatable bonds is 3. The van der Waals surface area contributed by atoms with Gasteiger partial charge in [-0.3, -0.25) is 4.90 Å². The number of para-hydroxylation sites is 1. The Labute approximate surface area is 123 Å². The van der Waals surface area contributed by atoms with Gasteiger partial charge in [0.15, 0.2) is 11.6 Å². The van der Waals surface area contributed by atoms with E-state index in [2.05, 4.69) is 5.32 Å². The van der Waals surface area contributed by atoms with Gasteiger partial charge in [0.05, 0.1) is 6.04 Å². The summed E-state index contributed by atoms with van der Waals surface area (Å²) in [7, 11) is 0. The molecule has 2 N–H and O–H groups in total. The predicted molar refractivity (Wildman–Crippen MR) is 75.7 cm³/mol. The molecule has 0 aromatic heterocycles. The van der Waals surface area contributed by atoms with E-state index in [9.17, 15) is 13.9 Å². The van der Waals surface area contributed by atoms with Crippen molar-refractivity contribution in [3.63, 3.8) is 0 Å². The quantitative estimate of drug-likeness (QED) is 0.898. The Balaban J connectivity index is 0.00000162. The lowest BCUT2D eigenvalue weighted by atomic mass is 10.0. The van der Waals surface area contributed by atoms with Crippen LogP contribution in [-0.4, -0.2) is 42.9 Å². The molecule has 1 fully saturated rings. The molecule has 110 valence electrons. The molecule has 0 radical (unpaired) electrons. The third-order valence-corrected chi connectivity index (χ3v) is 3.12. The summed E-state index contributed by atoms with van der Waals surface area (Å²) in [4.78, 5) is 1.92. The van der Waals surface area contributed by atoms with E-state index in [1.807, 2.05) is 4.90 Å². The highest BCUT2D eigenvalue weighted by molar-refractivity contribution is 5.85. The van der Waals surface area contributed by atoms with Gasteiger partial charge in [0.2, 0.25) is 0 Å². The molecular weight excluding hydrogens is 297 g/mol. The first-order valence-corrected chi connectivity index (χ1v) is 5.72. The fraction of sp³-hybridized carbons (Fsp3) is 0.500. The minimum atomic E-state index is -0.698. The Morgan fingerprint density at radius 3 is 2.47 bits per heavy atom. The summed E-state index contributed by atoms with van der Waals surface area (Å²) in [5, 5.41) is 12.8. The number of hydrogen-bond donors (Lipinski definition) is 2. The van der Waals surface area contributed by atoms with Gasteiger partial charge in [0.25, 0.3) is 0 Å². The van der Waals surface area contributed by atoms with Crippen LogP contribution in [0.1, 0.15) is 11.6 Å². The maximum absolute atomic E-state index is 13.2. The second-order valence-corrected chi connectivity index (χ2v) is 4.13. The summed E-state index contributed by atoms with van der Waals surface area (Å²) < 4.78 is 26.4. The van der Waals surface area contributed by atoms with Crippen molar-refractivity contribution in [2.75, 3.05) is 32.9 Å². The van der Waals surface area contributed by atoms with E-state index >= 15 is 0 Å². The molecule has 1 aromatic carbocycles. The highest BCUT2D eigenvalue weighted by Gasteiger charge is 2.25. The summed E-state index contributed by atoms with van der Waals surface area (Å²) in [5.41, 5.74) is 0.328. The molecule has 2 rings (SSSR count). The number of phenolic OH excluding ortho intramolecular Hbond substituents is 1. The van der Waals surface area contributed by atoms with Gasteiger partial charge in [-0.1, -0.05) is 12.1 Å². The van der Waals surface area contributed by atoms with Crippen LogP contribution < -0.4 is 5.32 Å². The first-order valence-electron chi connectivity index (χ1n) is 5.72. The molecule has 1 aliphatic heterocycles. The Morgan fingerprint density at radius 2 is 1.89 bits per heavy atom. The average molecular weight is 315 g/mol. The Bertz CT molecular complexity index is 390. The zero-order valence-electron chi connectivity index (χ0n) is 10.3. The third-order valence-electron chi connectivity index (χ3n) is 3.12. The molecule has 1 aliphatic rings. The fourth-order valence-corrected chi connectivity index (χ4v) is 2.17. The maximum Gasteiger partial charge on any atom is 0.165 e. The molecule has 3 nitrogen and oxygen atoms in total. The fourth-order valence-electron chi connectivity index (χ4n) is 2.17. The largest absolute Gasteiger partial charge is 0.505 e. The van der Waals surface area contributed by atoms with Gasteiger partial charge < -0.3 is 10.4 Å². The SMILES string of the molecule is Cl.Cl.Oc1c(F)cccc1[C@@H](CF)N1CCNCC1. The predicted octanol–water partition coefficient (Wildman–Crippen LogP) is 2.29. The Hall–Kier alpha value is -0.620. The van der Waals surface area contributed by atoms with Crippen LogP contribution in [-0.2, 0) is 0 Å². The van der Waals surface area contributed by atoms with Crippen LogP contribution >= 0.6 is 24.8 Å². The molecular formula is C12H18Cl2F2N2O. The highest BCUT2D eigenvalue weighted by Crippen LogP contribution is 2.31. The summed E-state index contributed by atoms with van der Waals surface area (Å²) in [6, 6.07) is 3.68. The lowest BCUT2D eigenvalue weighted by molar-refractivity contribution is 0.144. The zero-order valence-corrected chi connectivity index (χ0v) is 11.9. The number of benzene rings is 1. The van der Waals surface area contributed by atoms with Gasteiger partial charge in [0.1, 0.15) is 6.67 Å². The maximum atomic E-state index is 13.2. The number of nitrogens with zero attached hydrogens (tertiary/aromatic N) is 1. The van der Waals surface area contributed by atoms with E-state index in [-0.39, 0.29) is 24.8 Å². The van der Waals surface area contributed by atoms with Crippen LogP contribution in [0.15, 0.2) is 18.2 Å². The monoisotopic (exact) mass is 314 g/mol. The molecule has 0 unspecified atom stereocenters. The van der Waals surface area contributed by atoms with Crippen molar-refractivity contribution in [3.8, 4) is 5.75 Å². The van der Waals surface area contributed by atoms with Gasteiger partial charge in [-0.25, -0.2) is 8.78 Å². The first-order chi connectivity index (χ1) is 8.24. The smallest absolute Gasteiger partial charge is 0.165 e. The third kappa shape index (κ3) is 4.18. The number of phenols is 1. The molecule has 1 aromatic rings. The Morgan fingerprint density at radius 1 is 1.26 bits per heavy atom. The van der Waals surface area contributed by atoms with Crippen LogP contribution in [0.25, 0.3) is 0 Å². The number of alkyl halides is 1. The van der Waals surface area contributed by atoms with Crippen molar-refractivity contribution >= 4 is 24.8 Å². The molecule has 7 heteroatoms. The van der Waals surface area contributed by atoms with E-state index in [1.54, 1.807) is 6.07 Å². The van der Waals surface area contributed by atoms with Crippen LogP contribution in [0.2, 0.25) is 0 Å². The standard InChI is InChI=1S/C12H16F2N2O.2ClH/c13-8-11(16-6-4-15-5-7-16)9-2-1-3-10(14)12(9)17;;/h1-3,11,15,17H,4-8H2;2*1H/t11-;;/m1../s1. The lowest BCUT2D eigenvalue weighted by Crippen LogP contribution is -2.45. The first kappa shape index (κ1) is 18.4. The summed E-state index contributed by atoms with van der Waals surface area (Å²) in [6.07, 6.45) is 0. The average Bonchev–Trinajstić information content (AvgIpc) is 2.37. The van der Waals surface area contributed by atoms with E-state index in [4.69, 9.17) is 0 Å². The second kappa shape index (κ2) is 8.53. The molecule has 1 heterocycles. The molecule has 0 spiro atoms. The number of nitrogens with one attached hydrogen (secondary N) is 1. The van der Waals surface area contributed by atoms with E-state index in [0.717, 1.165) is 13.1 Å². The van der Waals surface area contributed by atoms with Crippen molar-refractivity contribution in [2.24, 2.45) is 0 Å². The van der Waals surface area contributed by atoms with Crippen molar-refractivity contribution in [1.29, 1.82) is 0 Å². The van der Waals surface area contributed by atoms with Crippen molar-refractivity contribution in [1.82, 2.24) is 10.2 Å². The van der Waals surface area contributed by atoms with Gasteiger partial charge in [0, 0.05) is 31.7 Å². The topological polar surface area (TPSA) is 35.5 Å². The van der Waals surface area contributed by atoms with Crippen molar-refractivity contribution in [3.05, 3.63) is 29.6 Å². The van der Waals surface area contributed by atoms with Gasteiger partial charge in [-0.2, -0.15) is 0 Å². The van der Waals surface area contributed by atoms with Crippen molar-refractivity contribution in [2.45, 2.75) is 6.04 Å². The van der Waals surface area contributed by atoms with Gasteiger partial charge in [-0.05, 0) is 6.07 Å². The summed E-state index contributed by atoms with van der Waals surface area (Å²) in [5.74, 6) is -1.13.